The summed E-state index contributed by atoms with van der Waals surface area (Å²) in [6.07, 6.45) is 1.18. The predicted molar refractivity (Wildman–Crippen MR) is 79.7 cm³/mol. The van der Waals surface area contributed by atoms with Gasteiger partial charge >= 0.3 is 0 Å². The molecule has 0 aliphatic carbocycles. The molecule has 0 bridgehead atoms. The molecule has 0 heterocycles. The first-order valence-electron chi connectivity index (χ1n) is 7.18. The van der Waals surface area contributed by atoms with Gasteiger partial charge in [-0.3, -0.25) is 0 Å². The van der Waals surface area contributed by atoms with E-state index < -0.39 is 6.10 Å². The topological polar surface area (TPSA) is 55.5 Å². The summed E-state index contributed by atoms with van der Waals surface area (Å²) in [4.78, 5) is 0. The van der Waals surface area contributed by atoms with E-state index in [1.54, 1.807) is 0 Å². The van der Waals surface area contributed by atoms with Crippen molar-refractivity contribution in [2.24, 2.45) is 5.73 Å². The van der Waals surface area contributed by atoms with E-state index in [4.69, 9.17) is 10.5 Å². The molecule has 3 heteroatoms. The summed E-state index contributed by atoms with van der Waals surface area (Å²) < 4.78 is 5.69. The Kier molecular flexibility index (Phi) is 6.32. The summed E-state index contributed by atoms with van der Waals surface area (Å²) >= 11 is 0. The highest BCUT2D eigenvalue weighted by molar-refractivity contribution is 5.39. The van der Waals surface area contributed by atoms with Gasteiger partial charge in [-0.1, -0.05) is 26.0 Å². The van der Waals surface area contributed by atoms with Crippen molar-refractivity contribution in [2.45, 2.75) is 58.6 Å². The number of aliphatic hydroxyl groups excluding tert-OH is 1. The van der Waals surface area contributed by atoms with Gasteiger partial charge in [0.1, 0.15) is 5.75 Å². The lowest BCUT2D eigenvalue weighted by atomic mass is 9.91. The van der Waals surface area contributed by atoms with Gasteiger partial charge in [0.25, 0.3) is 0 Å². The average molecular weight is 265 g/mol. The van der Waals surface area contributed by atoms with Crippen LogP contribution in [0.2, 0.25) is 0 Å². The summed E-state index contributed by atoms with van der Waals surface area (Å²) in [5.74, 6) is 1.15. The molecule has 1 rings (SSSR count). The standard InChI is InChI=1S/C16H27NO2/c1-5-13-7-8-16(19-6-2)14(10-13)11(3)9-15(18)12(4)17/h7-8,10-12,15,18H,5-6,9,17H2,1-4H3. The molecule has 1 aromatic carbocycles. The SMILES string of the molecule is CCOc1ccc(CC)cc1C(C)CC(O)C(C)N. The highest BCUT2D eigenvalue weighted by Gasteiger charge is 2.18. The fourth-order valence-electron chi connectivity index (χ4n) is 2.19. The minimum atomic E-state index is -0.477. The number of aryl methyl sites for hydroxylation is 1. The first kappa shape index (κ1) is 16.0. The highest BCUT2D eigenvalue weighted by atomic mass is 16.5. The maximum absolute atomic E-state index is 9.94. The van der Waals surface area contributed by atoms with Gasteiger partial charge in [0.2, 0.25) is 0 Å². The number of ether oxygens (including phenoxy) is 1. The number of benzene rings is 1. The van der Waals surface area contributed by atoms with E-state index in [2.05, 4.69) is 26.0 Å². The van der Waals surface area contributed by atoms with Crippen molar-refractivity contribution in [1.29, 1.82) is 0 Å². The van der Waals surface area contributed by atoms with Crippen molar-refractivity contribution in [3.8, 4) is 5.75 Å². The van der Waals surface area contributed by atoms with E-state index in [1.165, 1.54) is 11.1 Å². The van der Waals surface area contributed by atoms with Crippen molar-refractivity contribution < 1.29 is 9.84 Å². The smallest absolute Gasteiger partial charge is 0.122 e. The Balaban J connectivity index is 2.94. The van der Waals surface area contributed by atoms with Crippen molar-refractivity contribution in [3.05, 3.63) is 29.3 Å². The third-order valence-corrected chi connectivity index (χ3v) is 3.52. The number of hydrogen-bond donors (Lipinski definition) is 2. The van der Waals surface area contributed by atoms with E-state index in [-0.39, 0.29) is 12.0 Å². The van der Waals surface area contributed by atoms with Crippen LogP contribution in [0, 0.1) is 0 Å². The van der Waals surface area contributed by atoms with E-state index in [0.29, 0.717) is 13.0 Å². The Labute approximate surface area is 116 Å². The third-order valence-electron chi connectivity index (χ3n) is 3.52. The molecule has 0 radical (unpaired) electrons. The van der Waals surface area contributed by atoms with Crippen molar-refractivity contribution in [1.82, 2.24) is 0 Å². The first-order chi connectivity index (χ1) is 8.99. The average Bonchev–Trinajstić information content (AvgIpc) is 2.39. The monoisotopic (exact) mass is 265 g/mol. The van der Waals surface area contributed by atoms with Gasteiger partial charge in [0.15, 0.2) is 0 Å². The molecular weight excluding hydrogens is 238 g/mol. The molecule has 0 aromatic heterocycles. The zero-order valence-electron chi connectivity index (χ0n) is 12.5. The minimum Gasteiger partial charge on any atom is -0.494 e. The van der Waals surface area contributed by atoms with Crippen LogP contribution < -0.4 is 10.5 Å². The van der Waals surface area contributed by atoms with Crippen LogP contribution in [0.1, 0.15) is 51.2 Å². The van der Waals surface area contributed by atoms with Gasteiger partial charge < -0.3 is 15.6 Å². The summed E-state index contributed by atoms with van der Waals surface area (Å²) in [7, 11) is 0. The molecule has 0 fully saturated rings. The molecule has 0 aliphatic rings. The molecule has 0 amide bonds. The Morgan fingerprint density at radius 1 is 1.26 bits per heavy atom. The molecule has 19 heavy (non-hydrogen) atoms. The molecule has 3 unspecified atom stereocenters. The number of hydrogen-bond acceptors (Lipinski definition) is 3. The van der Waals surface area contributed by atoms with Crippen LogP contribution in [0.4, 0.5) is 0 Å². The Morgan fingerprint density at radius 2 is 1.95 bits per heavy atom. The van der Waals surface area contributed by atoms with Crippen LogP contribution in [-0.4, -0.2) is 23.9 Å². The van der Waals surface area contributed by atoms with Crippen LogP contribution >= 0.6 is 0 Å². The minimum absolute atomic E-state index is 0.202. The largest absolute Gasteiger partial charge is 0.494 e. The molecular formula is C16H27NO2. The lowest BCUT2D eigenvalue weighted by molar-refractivity contribution is 0.134. The van der Waals surface area contributed by atoms with Crippen LogP contribution in [-0.2, 0) is 6.42 Å². The molecule has 0 aliphatic heterocycles. The highest BCUT2D eigenvalue weighted by Crippen LogP contribution is 2.31. The lowest BCUT2D eigenvalue weighted by Gasteiger charge is -2.22. The molecule has 0 saturated heterocycles. The molecule has 3 atom stereocenters. The van der Waals surface area contributed by atoms with E-state index in [1.807, 2.05) is 19.9 Å². The summed E-state index contributed by atoms with van der Waals surface area (Å²) in [6, 6.07) is 6.12. The molecule has 0 saturated carbocycles. The lowest BCUT2D eigenvalue weighted by Crippen LogP contribution is -2.32. The molecule has 3 N–H and O–H groups in total. The summed E-state index contributed by atoms with van der Waals surface area (Å²) in [5.41, 5.74) is 8.19. The van der Waals surface area contributed by atoms with Gasteiger partial charge in [0, 0.05) is 6.04 Å². The van der Waals surface area contributed by atoms with Crippen LogP contribution in [0.3, 0.4) is 0 Å². The number of rotatable bonds is 7. The summed E-state index contributed by atoms with van der Waals surface area (Å²) in [6.45, 7) is 8.73. The second-order valence-electron chi connectivity index (χ2n) is 5.22. The Morgan fingerprint density at radius 3 is 2.47 bits per heavy atom. The van der Waals surface area contributed by atoms with E-state index in [9.17, 15) is 5.11 Å². The Bertz CT molecular complexity index is 390. The summed E-state index contributed by atoms with van der Waals surface area (Å²) in [5, 5.41) is 9.94. The van der Waals surface area contributed by atoms with Gasteiger partial charge in [-0.05, 0) is 49.8 Å². The van der Waals surface area contributed by atoms with E-state index >= 15 is 0 Å². The van der Waals surface area contributed by atoms with E-state index in [0.717, 1.165) is 12.2 Å². The Hall–Kier alpha value is -1.06. The normalized spacial score (nSPS) is 15.9. The van der Waals surface area contributed by atoms with Gasteiger partial charge in [-0.2, -0.15) is 0 Å². The van der Waals surface area contributed by atoms with Gasteiger partial charge in [-0.15, -0.1) is 0 Å². The fraction of sp³-hybridized carbons (Fsp3) is 0.625. The quantitative estimate of drug-likeness (QED) is 0.797. The van der Waals surface area contributed by atoms with Crippen LogP contribution in [0.5, 0.6) is 5.75 Å². The zero-order chi connectivity index (χ0) is 14.4. The second kappa shape index (κ2) is 7.51. The fourth-order valence-corrected chi connectivity index (χ4v) is 2.19. The molecule has 108 valence electrons. The van der Waals surface area contributed by atoms with Gasteiger partial charge in [0.05, 0.1) is 12.7 Å². The molecule has 3 nitrogen and oxygen atoms in total. The molecule has 0 spiro atoms. The van der Waals surface area contributed by atoms with Crippen molar-refractivity contribution >= 4 is 0 Å². The van der Waals surface area contributed by atoms with Crippen molar-refractivity contribution in [2.75, 3.05) is 6.61 Å². The first-order valence-corrected chi connectivity index (χ1v) is 7.18. The van der Waals surface area contributed by atoms with Crippen LogP contribution in [0.25, 0.3) is 0 Å². The zero-order valence-corrected chi connectivity index (χ0v) is 12.5. The number of nitrogens with two attached hydrogens (primary N) is 1. The number of aliphatic hydroxyl groups is 1. The maximum Gasteiger partial charge on any atom is 0.122 e. The van der Waals surface area contributed by atoms with Crippen molar-refractivity contribution in [3.63, 3.8) is 0 Å². The second-order valence-corrected chi connectivity index (χ2v) is 5.22. The molecule has 1 aromatic rings. The van der Waals surface area contributed by atoms with Gasteiger partial charge in [-0.25, -0.2) is 0 Å². The maximum atomic E-state index is 9.94. The third kappa shape index (κ3) is 4.51. The predicted octanol–water partition coefficient (Wildman–Crippen LogP) is 2.85. The van der Waals surface area contributed by atoms with Crippen LogP contribution in [0.15, 0.2) is 18.2 Å².